The molecule has 0 saturated carbocycles. The summed E-state index contributed by atoms with van der Waals surface area (Å²) in [6, 6.07) is 7.97. The minimum Gasteiger partial charge on any atom is -0.507 e. The van der Waals surface area contributed by atoms with Crippen molar-refractivity contribution < 1.29 is 33.3 Å². The second-order valence-corrected chi connectivity index (χ2v) is 7.02. The van der Waals surface area contributed by atoms with Gasteiger partial charge in [0, 0.05) is 12.6 Å². The van der Waals surface area contributed by atoms with E-state index in [1.807, 2.05) is 6.92 Å². The van der Waals surface area contributed by atoms with Crippen molar-refractivity contribution >= 4 is 17.4 Å². The SMILES string of the molecule is CCCOc1ccc(C2/C(=C(\O)c3ccc(OC)c(F)c3)C(=O)C(=O)N2C)cc1OC. The Hall–Kier alpha value is -3.55. The Labute approximate surface area is 179 Å². The fraction of sp³-hybridized carbons (Fsp3) is 0.304. The van der Waals surface area contributed by atoms with Crippen LogP contribution in [0.15, 0.2) is 42.0 Å². The molecule has 2 aromatic rings. The van der Waals surface area contributed by atoms with Gasteiger partial charge in [0.2, 0.25) is 0 Å². The van der Waals surface area contributed by atoms with Crippen LogP contribution in [0.4, 0.5) is 4.39 Å². The van der Waals surface area contributed by atoms with Gasteiger partial charge in [0.1, 0.15) is 5.76 Å². The second kappa shape index (κ2) is 9.07. The number of halogens is 1. The molecule has 1 unspecified atom stereocenters. The third kappa shape index (κ3) is 4.05. The van der Waals surface area contributed by atoms with Crippen molar-refractivity contribution in [3.63, 3.8) is 0 Å². The molecule has 1 aliphatic heterocycles. The molecule has 0 radical (unpaired) electrons. The number of likely N-dealkylation sites (tertiary alicyclic amines) is 1. The first-order valence-electron chi connectivity index (χ1n) is 9.73. The minimum absolute atomic E-state index is 0.00329. The molecule has 3 rings (SSSR count). The van der Waals surface area contributed by atoms with Crippen molar-refractivity contribution in [3.8, 4) is 17.2 Å². The van der Waals surface area contributed by atoms with Gasteiger partial charge in [-0.3, -0.25) is 9.59 Å². The molecule has 0 aliphatic carbocycles. The van der Waals surface area contributed by atoms with Crippen LogP contribution in [0.25, 0.3) is 5.76 Å². The van der Waals surface area contributed by atoms with E-state index in [0.717, 1.165) is 12.5 Å². The molecule has 0 spiro atoms. The number of Topliss-reactive ketones (excluding diaryl/α,β-unsaturated/α-hetero) is 1. The molecule has 8 heteroatoms. The molecule has 7 nitrogen and oxygen atoms in total. The number of carbonyl (C=O) groups excluding carboxylic acids is 2. The first-order chi connectivity index (χ1) is 14.8. The van der Waals surface area contributed by atoms with Gasteiger partial charge in [-0.1, -0.05) is 13.0 Å². The number of aliphatic hydroxyl groups excluding tert-OH is 1. The van der Waals surface area contributed by atoms with Gasteiger partial charge in [0.05, 0.1) is 32.4 Å². The average molecular weight is 429 g/mol. The highest BCUT2D eigenvalue weighted by Crippen LogP contribution is 2.41. The predicted molar refractivity (Wildman–Crippen MR) is 112 cm³/mol. The number of benzene rings is 2. The quantitative estimate of drug-likeness (QED) is 0.411. The predicted octanol–water partition coefficient (Wildman–Crippen LogP) is 3.68. The van der Waals surface area contributed by atoms with Crippen molar-refractivity contribution in [1.82, 2.24) is 4.90 Å². The fourth-order valence-electron chi connectivity index (χ4n) is 3.49. The number of hydrogen-bond donors (Lipinski definition) is 1. The number of likely N-dealkylation sites (N-methyl/N-ethyl adjacent to an activating group) is 1. The molecule has 1 N–H and O–H groups in total. The Morgan fingerprint density at radius 3 is 2.35 bits per heavy atom. The molecule has 164 valence electrons. The summed E-state index contributed by atoms with van der Waals surface area (Å²) in [7, 11) is 4.27. The van der Waals surface area contributed by atoms with Crippen LogP contribution in [0, 0.1) is 5.82 Å². The molecule has 2 aromatic carbocycles. The van der Waals surface area contributed by atoms with Crippen LogP contribution in [0.1, 0.15) is 30.5 Å². The zero-order valence-electron chi connectivity index (χ0n) is 17.8. The maximum atomic E-state index is 14.2. The highest BCUT2D eigenvalue weighted by atomic mass is 19.1. The van der Waals surface area contributed by atoms with E-state index in [2.05, 4.69) is 0 Å². The summed E-state index contributed by atoms with van der Waals surface area (Å²) in [5, 5.41) is 10.9. The fourth-order valence-corrected chi connectivity index (χ4v) is 3.49. The van der Waals surface area contributed by atoms with E-state index >= 15 is 0 Å². The lowest BCUT2D eigenvalue weighted by molar-refractivity contribution is -0.139. The standard InChI is InChI=1S/C23H24FNO6/c1-5-10-31-17-9-6-13(12-18(17)30-4)20-19(22(27)23(28)25(20)2)21(26)14-7-8-16(29-3)15(24)11-14/h6-9,11-12,20,26H,5,10H2,1-4H3/b21-19+. The lowest BCUT2D eigenvalue weighted by Crippen LogP contribution is -2.24. The van der Waals surface area contributed by atoms with Gasteiger partial charge < -0.3 is 24.2 Å². The number of ketones is 1. The highest BCUT2D eigenvalue weighted by molar-refractivity contribution is 6.46. The van der Waals surface area contributed by atoms with Gasteiger partial charge in [-0.25, -0.2) is 4.39 Å². The smallest absolute Gasteiger partial charge is 0.295 e. The summed E-state index contributed by atoms with van der Waals surface area (Å²) < 4.78 is 30.1. The van der Waals surface area contributed by atoms with Crippen molar-refractivity contribution in [3.05, 3.63) is 58.9 Å². The topological polar surface area (TPSA) is 85.3 Å². The van der Waals surface area contributed by atoms with Crippen LogP contribution in [0.5, 0.6) is 17.2 Å². The number of hydrogen-bond acceptors (Lipinski definition) is 6. The maximum Gasteiger partial charge on any atom is 0.295 e. The number of nitrogens with zero attached hydrogens (tertiary/aromatic N) is 1. The van der Waals surface area contributed by atoms with Crippen LogP contribution in [-0.2, 0) is 9.59 Å². The Morgan fingerprint density at radius 2 is 1.74 bits per heavy atom. The molecule has 1 fully saturated rings. The average Bonchev–Trinajstić information content (AvgIpc) is 3.00. The number of carbonyl (C=O) groups is 2. The Balaban J connectivity index is 2.11. The van der Waals surface area contributed by atoms with Gasteiger partial charge in [-0.2, -0.15) is 0 Å². The van der Waals surface area contributed by atoms with Gasteiger partial charge in [0.15, 0.2) is 23.1 Å². The maximum absolute atomic E-state index is 14.2. The number of methoxy groups -OCH3 is 2. The Bertz CT molecular complexity index is 1050. The van der Waals surface area contributed by atoms with Crippen LogP contribution < -0.4 is 14.2 Å². The summed E-state index contributed by atoms with van der Waals surface area (Å²) >= 11 is 0. The van der Waals surface area contributed by atoms with Crippen molar-refractivity contribution in [2.75, 3.05) is 27.9 Å². The summed E-state index contributed by atoms with van der Waals surface area (Å²) in [6.07, 6.45) is 0.818. The van der Waals surface area contributed by atoms with Crippen molar-refractivity contribution in [2.45, 2.75) is 19.4 Å². The molecule has 0 bridgehead atoms. The van der Waals surface area contributed by atoms with Crippen LogP contribution in [0.2, 0.25) is 0 Å². The molecule has 0 aromatic heterocycles. The van der Waals surface area contributed by atoms with Crippen LogP contribution in [-0.4, -0.2) is 49.6 Å². The normalized spacial score (nSPS) is 17.7. The summed E-state index contributed by atoms with van der Waals surface area (Å²) in [5.74, 6) is -1.85. The number of rotatable bonds is 7. The summed E-state index contributed by atoms with van der Waals surface area (Å²) in [6.45, 7) is 2.48. The van der Waals surface area contributed by atoms with Crippen LogP contribution in [0.3, 0.4) is 0 Å². The summed E-state index contributed by atoms with van der Waals surface area (Å²) in [4.78, 5) is 26.4. The van der Waals surface area contributed by atoms with E-state index in [4.69, 9.17) is 14.2 Å². The summed E-state index contributed by atoms with van der Waals surface area (Å²) in [5.41, 5.74) is 0.462. The molecule has 1 saturated heterocycles. The van der Waals surface area contributed by atoms with Gasteiger partial charge in [0.25, 0.3) is 11.7 Å². The lowest BCUT2D eigenvalue weighted by atomic mass is 9.95. The number of aliphatic hydroxyl groups is 1. The van der Waals surface area contributed by atoms with E-state index in [9.17, 15) is 19.1 Å². The molecule has 31 heavy (non-hydrogen) atoms. The zero-order valence-corrected chi connectivity index (χ0v) is 17.8. The van der Waals surface area contributed by atoms with Crippen molar-refractivity contribution in [1.29, 1.82) is 0 Å². The van der Waals surface area contributed by atoms with Crippen LogP contribution >= 0.6 is 0 Å². The molecule has 1 amide bonds. The number of ether oxygens (including phenoxy) is 3. The van der Waals surface area contributed by atoms with E-state index in [-0.39, 0.29) is 16.9 Å². The zero-order chi connectivity index (χ0) is 22.7. The van der Waals surface area contributed by atoms with Gasteiger partial charge in [-0.05, 0) is 42.3 Å². The molecule has 1 aliphatic rings. The number of amides is 1. The third-order valence-electron chi connectivity index (χ3n) is 5.07. The minimum atomic E-state index is -0.876. The van der Waals surface area contributed by atoms with E-state index in [1.54, 1.807) is 18.2 Å². The second-order valence-electron chi connectivity index (χ2n) is 7.02. The van der Waals surface area contributed by atoms with E-state index < -0.39 is 29.3 Å². The third-order valence-corrected chi connectivity index (χ3v) is 5.07. The van der Waals surface area contributed by atoms with Crippen molar-refractivity contribution in [2.24, 2.45) is 0 Å². The molecular weight excluding hydrogens is 405 g/mol. The highest BCUT2D eigenvalue weighted by Gasteiger charge is 2.44. The van der Waals surface area contributed by atoms with Gasteiger partial charge in [-0.15, -0.1) is 0 Å². The van der Waals surface area contributed by atoms with Gasteiger partial charge >= 0.3 is 0 Å². The lowest BCUT2D eigenvalue weighted by Gasteiger charge is -2.22. The molecule has 1 heterocycles. The Morgan fingerprint density at radius 1 is 1.06 bits per heavy atom. The van der Waals surface area contributed by atoms with E-state index in [0.29, 0.717) is 23.7 Å². The van der Waals surface area contributed by atoms with E-state index in [1.165, 1.54) is 38.3 Å². The largest absolute Gasteiger partial charge is 0.507 e. The monoisotopic (exact) mass is 429 g/mol. The Kier molecular flexibility index (Phi) is 6.48. The first kappa shape index (κ1) is 22.1. The molecular formula is C23H24FNO6. The molecule has 1 atom stereocenters. The first-order valence-corrected chi connectivity index (χ1v) is 9.73.